The average molecular weight is 273 g/mol. The predicted molar refractivity (Wildman–Crippen MR) is 74.8 cm³/mol. The third-order valence-electron chi connectivity index (χ3n) is 3.69. The van der Waals surface area contributed by atoms with Crippen LogP contribution in [0.2, 0.25) is 5.02 Å². The maximum Gasteiger partial charge on any atom is 0.315 e. The topological polar surface area (TPSA) is 37.3 Å². The summed E-state index contributed by atoms with van der Waals surface area (Å²) in [6, 6.07) is 13.3. The molecule has 1 aliphatic rings. The summed E-state index contributed by atoms with van der Waals surface area (Å²) in [5.41, 5.74) is 3.91. The number of hydrogen-bond acceptors (Lipinski definition) is 1. The average Bonchev–Trinajstić information content (AvgIpc) is 2.55. The first kappa shape index (κ1) is 12.2. The Balaban J connectivity index is 2.24. The number of fused-ring (bicyclic) bond motifs is 2. The van der Waals surface area contributed by atoms with Crippen LogP contribution in [0.5, 0.6) is 0 Å². The molecule has 0 saturated carbocycles. The fraction of sp³-hybridized carbons (Fsp3) is 0.188. The molecule has 0 heterocycles. The summed E-state index contributed by atoms with van der Waals surface area (Å²) in [7, 11) is 0. The van der Waals surface area contributed by atoms with Crippen LogP contribution in [-0.4, -0.2) is 11.1 Å². The number of benzene rings is 2. The number of aliphatic carboxylic acids is 1. The van der Waals surface area contributed by atoms with Gasteiger partial charge in [-0.1, -0.05) is 41.9 Å². The van der Waals surface area contributed by atoms with E-state index in [2.05, 4.69) is 0 Å². The molecule has 2 aromatic carbocycles. The lowest BCUT2D eigenvalue weighted by Crippen LogP contribution is -2.14. The molecule has 0 saturated heterocycles. The maximum atomic E-state index is 11.7. The number of hydrogen-bond donors (Lipinski definition) is 1. The van der Waals surface area contributed by atoms with Crippen molar-refractivity contribution < 1.29 is 9.90 Å². The Kier molecular flexibility index (Phi) is 3.03. The molecule has 0 aromatic heterocycles. The van der Waals surface area contributed by atoms with Crippen LogP contribution in [0, 0.1) is 0 Å². The summed E-state index contributed by atoms with van der Waals surface area (Å²) in [4.78, 5) is 11.7. The monoisotopic (exact) mass is 272 g/mol. The van der Waals surface area contributed by atoms with Gasteiger partial charge in [-0.25, -0.2) is 0 Å². The van der Waals surface area contributed by atoms with Gasteiger partial charge in [0.2, 0.25) is 0 Å². The normalized spacial score (nSPS) is 17.2. The van der Waals surface area contributed by atoms with Gasteiger partial charge in [0.25, 0.3) is 0 Å². The van der Waals surface area contributed by atoms with E-state index in [0.29, 0.717) is 5.02 Å². The Morgan fingerprint density at radius 2 is 1.74 bits per heavy atom. The molecular weight excluding hydrogens is 260 g/mol. The van der Waals surface area contributed by atoms with Crippen LogP contribution < -0.4 is 0 Å². The number of aryl methyl sites for hydroxylation is 2. The molecule has 1 N–H and O–H groups in total. The van der Waals surface area contributed by atoms with Crippen molar-refractivity contribution in [1.29, 1.82) is 0 Å². The molecule has 0 radical (unpaired) electrons. The minimum atomic E-state index is -0.807. The van der Waals surface area contributed by atoms with E-state index >= 15 is 0 Å². The van der Waals surface area contributed by atoms with E-state index in [9.17, 15) is 9.90 Å². The third kappa shape index (κ3) is 2.13. The largest absolute Gasteiger partial charge is 0.481 e. The number of carboxylic acids is 1. The van der Waals surface area contributed by atoms with E-state index in [1.807, 2.05) is 36.4 Å². The Hall–Kier alpha value is -1.80. The quantitative estimate of drug-likeness (QED) is 0.860. The standard InChI is InChI=1S/C16H13ClO2/c17-12-7-8-14-11(9-12)6-5-10-3-1-2-4-13(10)15(14)16(18)19/h1-4,7-9,15H,5-6H2,(H,18,19)/t15-/m0/s1. The Bertz CT molecular complexity index is 649. The SMILES string of the molecule is O=C(O)[C@H]1c2ccccc2CCc2cc(Cl)ccc21. The lowest BCUT2D eigenvalue weighted by Gasteiger charge is -2.16. The minimum absolute atomic E-state index is 0.592. The molecule has 1 aliphatic carbocycles. The van der Waals surface area contributed by atoms with Crippen LogP contribution in [0.4, 0.5) is 0 Å². The highest BCUT2D eigenvalue weighted by Gasteiger charge is 2.28. The highest BCUT2D eigenvalue weighted by molar-refractivity contribution is 6.30. The molecule has 0 aliphatic heterocycles. The first-order chi connectivity index (χ1) is 9.16. The summed E-state index contributed by atoms with van der Waals surface area (Å²) in [5, 5.41) is 10.3. The molecule has 3 heteroatoms. The van der Waals surface area contributed by atoms with Crippen LogP contribution in [0.3, 0.4) is 0 Å². The molecule has 0 spiro atoms. The maximum absolute atomic E-state index is 11.7. The summed E-state index contributed by atoms with van der Waals surface area (Å²) in [5.74, 6) is -1.40. The molecule has 0 bridgehead atoms. The Morgan fingerprint density at radius 1 is 1.05 bits per heavy atom. The molecule has 96 valence electrons. The van der Waals surface area contributed by atoms with Gasteiger partial charge in [-0.05, 0) is 47.2 Å². The number of carbonyl (C=O) groups is 1. The number of carboxylic acid groups (broad SMARTS) is 1. The summed E-state index contributed by atoms with van der Waals surface area (Å²) in [6.45, 7) is 0. The van der Waals surface area contributed by atoms with Crippen molar-refractivity contribution in [3.63, 3.8) is 0 Å². The van der Waals surface area contributed by atoms with Crippen LogP contribution in [-0.2, 0) is 17.6 Å². The molecule has 19 heavy (non-hydrogen) atoms. The molecular formula is C16H13ClO2. The second kappa shape index (κ2) is 4.71. The van der Waals surface area contributed by atoms with Crippen molar-refractivity contribution in [2.75, 3.05) is 0 Å². The fourth-order valence-electron chi connectivity index (χ4n) is 2.82. The van der Waals surface area contributed by atoms with Crippen LogP contribution in [0.15, 0.2) is 42.5 Å². The highest BCUT2D eigenvalue weighted by Crippen LogP contribution is 2.35. The van der Waals surface area contributed by atoms with Crippen LogP contribution in [0.1, 0.15) is 28.2 Å². The van der Waals surface area contributed by atoms with Crippen molar-refractivity contribution in [3.05, 3.63) is 69.7 Å². The molecule has 0 fully saturated rings. The van der Waals surface area contributed by atoms with Crippen molar-refractivity contribution in [2.24, 2.45) is 0 Å². The molecule has 2 nitrogen and oxygen atoms in total. The Labute approximate surface area is 116 Å². The van der Waals surface area contributed by atoms with Gasteiger partial charge in [0, 0.05) is 5.02 Å². The second-order valence-corrected chi connectivity index (χ2v) is 5.25. The zero-order chi connectivity index (χ0) is 13.4. The second-order valence-electron chi connectivity index (χ2n) is 4.81. The van der Waals surface area contributed by atoms with Crippen molar-refractivity contribution >= 4 is 17.6 Å². The Morgan fingerprint density at radius 3 is 2.53 bits per heavy atom. The van der Waals surface area contributed by atoms with Crippen molar-refractivity contribution in [2.45, 2.75) is 18.8 Å². The van der Waals surface area contributed by atoms with Gasteiger partial charge < -0.3 is 5.11 Å². The van der Waals surface area contributed by atoms with Crippen molar-refractivity contribution in [1.82, 2.24) is 0 Å². The van der Waals surface area contributed by atoms with Gasteiger partial charge in [-0.2, -0.15) is 0 Å². The molecule has 3 rings (SSSR count). The van der Waals surface area contributed by atoms with Gasteiger partial charge >= 0.3 is 5.97 Å². The number of halogens is 1. The van der Waals surface area contributed by atoms with Gasteiger partial charge in [0.15, 0.2) is 0 Å². The molecule has 0 unspecified atom stereocenters. The predicted octanol–water partition coefficient (Wildman–Crippen LogP) is 3.66. The van der Waals surface area contributed by atoms with Gasteiger partial charge in [0.1, 0.15) is 5.92 Å². The highest BCUT2D eigenvalue weighted by atomic mass is 35.5. The van der Waals surface area contributed by atoms with E-state index in [4.69, 9.17) is 11.6 Å². The molecule has 1 atom stereocenters. The zero-order valence-electron chi connectivity index (χ0n) is 10.3. The smallest absolute Gasteiger partial charge is 0.315 e. The first-order valence-electron chi connectivity index (χ1n) is 6.26. The van der Waals surface area contributed by atoms with Gasteiger partial charge in [0.05, 0.1) is 0 Å². The minimum Gasteiger partial charge on any atom is -0.481 e. The van der Waals surface area contributed by atoms with E-state index in [-0.39, 0.29) is 0 Å². The summed E-state index contributed by atoms with van der Waals surface area (Å²) >= 11 is 6.02. The van der Waals surface area contributed by atoms with Gasteiger partial charge in [-0.3, -0.25) is 4.79 Å². The summed E-state index contributed by atoms with van der Waals surface area (Å²) in [6.07, 6.45) is 1.68. The van der Waals surface area contributed by atoms with E-state index < -0.39 is 11.9 Å². The third-order valence-corrected chi connectivity index (χ3v) is 3.93. The summed E-state index contributed by atoms with van der Waals surface area (Å²) < 4.78 is 0. The number of rotatable bonds is 1. The fourth-order valence-corrected chi connectivity index (χ4v) is 3.01. The van der Waals surface area contributed by atoms with Crippen molar-refractivity contribution in [3.8, 4) is 0 Å². The van der Waals surface area contributed by atoms with Gasteiger partial charge in [-0.15, -0.1) is 0 Å². The first-order valence-corrected chi connectivity index (χ1v) is 6.63. The van der Waals surface area contributed by atoms with Crippen LogP contribution >= 0.6 is 11.6 Å². The lowest BCUT2D eigenvalue weighted by atomic mass is 9.88. The lowest BCUT2D eigenvalue weighted by molar-refractivity contribution is -0.137. The van der Waals surface area contributed by atoms with E-state index in [1.165, 1.54) is 0 Å². The van der Waals surface area contributed by atoms with E-state index in [0.717, 1.165) is 35.1 Å². The molecule has 0 amide bonds. The van der Waals surface area contributed by atoms with Crippen LogP contribution in [0.25, 0.3) is 0 Å². The molecule has 2 aromatic rings. The zero-order valence-corrected chi connectivity index (χ0v) is 11.0. The van der Waals surface area contributed by atoms with E-state index in [1.54, 1.807) is 6.07 Å².